The SMILES string of the molecule is C=O.C=O.C=O.CCc1cc(C)cc(C(=O)[C-](C)C)c1.[C-]1=CC=CC1.[Fe+2]. The van der Waals surface area contributed by atoms with Crippen LogP contribution in [-0.4, -0.2) is 26.2 Å². The average molecular weight is 400 g/mol. The van der Waals surface area contributed by atoms with E-state index in [1.807, 2.05) is 65.4 Å². The maximum absolute atomic E-state index is 11.7. The van der Waals surface area contributed by atoms with E-state index >= 15 is 0 Å². The van der Waals surface area contributed by atoms with Crippen molar-refractivity contribution in [3.63, 3.8) is 0 Å². The summed E-state index contributed by atoms with van der Waals surface area (Å²) >= 11 is 0. The maximum Gasteiger partial charge on any atom is 2.00 e. The van der Waals surface area contributed by atoms with Gasteiger partial charge in [0, 0.05) is 5.78 Å². The van der Waals surface area contributed by atoms with Crippen LogP contribution < -0.4 is 0 Å². The Bertz CT molecular complexity index is 522. The van der Waals surface area contributed by atoms with Crippen LogP contribution in [0.5, 0.6) is 0 Å². The van der Waals surface area contributed by atoms with Crippen LogP contribution in [0.25, 0.3) is 0 Å². The minimum Gasteiger partial charge on any atom is -0.331 e. The van der Waals surface area contributed by atoms with Crippen molar-refractivity contribution in [2.24, 2.45) is 0 Å². The van der Waals surface area contributed by atoms with Gasteiger partial charge in [-0.2, -0.15) is 12.0 Å². The minimum absolute atomic E-state index is 0. The molecule has 0 fully saturated rings. The Kier molecular flexibility index (Phi) is 27.6. The van der Waals surface area contributed by atoms with Gasteiger partial charge in [0.15, 0.2) is 0 Å². The Morgan fingerprint density at radius 3 is 1.92 bits per heavy atom. The molecule has 144 valence electrons. The molecule has 2 rings (SSSR count). The number of carbonyl (C=O) groups is 4. The fourth-order valence-corrected chi connectivity index (χ4v) is 1.83. The Balaban J connectivity index is -0.000000168. The number of hydrogen-bond acceptors (Lipinski definition) is 4. The molecule has 0 saturated heterocycles. The van der Waals surface area contributed by atoms with Gasteiger partial charge in [-0.15, -0.1) is 38.0 Å². The molecule has 0 aromatic heterocycles. The molecule has 0 unspecified atom stereocenters. The van der Waals surface area contributed by atoms with E-state index in [0.29, 0.717) is 0 Å². The summed E-state index contributed by atoms with van der Waals surface area (Å²) in [6.45, 7) is 13.8. The van der Waals surface area contributed by atoms with Gasteiger partial charge in [0.1, 0.15) is 20.4 Å². The van der Waals surface area contributed by atoms with Crippen molar-refractivity contribution in [2.45, 2.75) is 40.5 Å². The fraction of sp³-hybridized carbons (Fsp3) is 0.286. The second-order valence-corrected chi connectivity index (χ2v) is 4.89. The van der Waals surface area contributed by atoms with Gasteiger partial charge in [-0.3, -0.25) is 6.08 Å². The van der Waals surface area contributed by atoms with Crippen LogP contribution in [0.3, 0.4) is 0 Å². The molecule has 0 saturated carbocycles. The molecule has 0 heterocycles. The van der Waals surface area contributed by atoms with Gasteiger partial charge < -0.3 is 19.2 Å². The summed E-state index contributed by atoms with van der Waals surface area (Å²) in [6.07, 6.45) is 11.0. The summed E-state index contributed by atoms with van der Waals surface area (Å²) in [6, 6.07) is 6.07. The Morgan fingerprint density at radius 2 is 1.62 bits per heavy atom. The first kappa shape index (κ1) is 31.5. The first-order valence-electron chi connectivity index (χ1n) is 7.58. The number of rotatable bonds is 3. The minimum atomic E-state index is 0. The molecule has 0 amide bonds. The molecule has 26 heavy (non-hydrogen) atoms. The van der Waals surface area contributed by atoms with E-state index < -0.39 is 0 Å². The third-order valence-corrected chi connectivity index (χ3v) is 2.85. The van der Waals surface area contributed by atoms with Gasteiger partial charge in [0.25, 0.3) is 0 Å². The van der Waals surface area contributed by atoms with E-state index in [1.165, 1.54) is 5.56 Å². The Hall–Kier alpha value is -2.23. The van der Waals surface area contributed by atoms with E-state index in [0.717, 1.165) is 29.9 Å². The summed E-state index contributed by atoms with van der Waals surface area (Å²) in [5.74, 6) is 1.00. The monoisotopic (exact) mass is 400 g/mol. The van der Waals surface area contributed by atoms with Crippen LogP contribution in [0, 0.1) is 18.9 Å². The second-order valence-electron chi connectivity index (χ2n) is 4.89. The number of allylic oxidation sites excluding steroid dienone is 4. The van der Waals surface area contributed by atoms with Crippen molar-refractivity contribution >= 4 is 26.2 Å². The summed E-state index contributed by atoms with van der Waals surface area (Å²) in [5.41, 5.74) is 3.21. The van der Waals surface area contributed by atoms with Crippen molar-refractivity contribution in [2.75, 3.05) is 0 Å². The van der Waals surface area contributed by atoms with Crippen molar-refractivity contribution in [1.82, 2.24) is 0 Å². The molecule has 1 aliphatic rings. The molecule has 1 aliphatic carbocycles. The molecular formula is C21H28FeO4. The maximum atomic E-state index is 11.7. The summed E-state index contributed by atoms with van der Waals surface area (Å²) in [4.78, 5) is 35.7. The summed E-state index contributed by atoms with van der Waals surface area (Å²) in [5, 5.41) is 0. The quantitative estimate of drug-likeness (QED) is 0.435. The topological polar surface area (TPSA) is 68.3 Å². The number of ketones is 1. The van der Waals surface area contributed by atoms with Gasteiger partial charge in [-0.25, -0.2) is 12.2 Å². The molecule has 1 aromatic rings. The van der Waals surface area contributed by atoms with Crippen molar-refractivity contribution < 1.29 is 36.2 Å². The van der Waals surface area contributed by atoms with Crippen molar-refractivity contribution in [1.29, 1.82) is 0 Å². The second kappa shape index (κ2) is 22.8. The van der Waals surface area contributed by atoms with Crippen LogP contribution in [0.4, 0.5) is 0 Å². The summed E-state index contributed by atoms with van der Waals surface area (Å²) in [7, 11) is 0. The fourth-order valence-electron chi connectivity index (χ4n) is 1.83. The number of aryl methyl sites for hydroxylation is 2. The standard InChI is InChI=1S/C13H17O.C5H5.3CH2O.Fe/c1-5-11-6-10(4)7-12(8-11)13(14)9(2)3;1-2-4-5-3-1;3*1-2;/h6-8H,5H2,1-4H3;1-3H,4H2;3*1H2;/q2*-1;;;;+2. The smallest absolute Gasteiger partial charge is 0.331 e. The third kappa shape index (κ3) is 15.3. The van der Waals surface area contributed by atoms with Crippen LogP contribution in [0.2, 0.25) is 0 Å². The average Bonchev–Trinajstić information content (AvgIpc) is 3.25. The predicted molar refractivity (Wildman–Crippen MR) is 102 cm³/mol. The molecule has 1 aromatic carbocycles. The van der Waals surface area contributed by atoms with E-state index in [1.54, 1.807) is 0 Å². The number of Topliss-reactive ketones (excluding diaryl/α,β-unsaturated/α-hetero) is 1. The van der Waals surface area contributed by atoms with E-state index in [9.17, 15) is 4.79 Å². The molecule has 0 atom stereocenters. The molecule has 4 nitrogen and oxygen atoms in total. The molecule has 0 radical (unpaired) electrons. The molecular weight excluding hydrogens is 372 g/mol. The van der Waals surface area contributed by atoms with E-state index in [4.69, 9.17) is 14.4 Å². The number of carbonyl (C=O) groups excluding carboxylic acids is 4. The van der Waals surface area contributed by atoms with Gasteiger partial charge in [-0.1, -0.05) is 24.1 Å². The largest absolute Gasteiger partial charge is 2.00 e. The van der Waals surface area contributed by atoms with Crippen LogP contribution in [-0.2, 0) is 37.9 Å². The summed E-state index contributed by atoms with van der Waals surface area (Å²) < 4.78 is 0. The Morgan fingerprint density at radius 1 is 1.08 bits per heavy atom. The zero-order chi connectivity index (χ0) is 20.3. The molecule has 0 aliphatic heterocycles. The van der Waals surface area contributed by atoms with Gasteiger partial charge in [0.2, 0.25) is 0 Å². The number of benzene rings is 1. The van der Waals surface area contributed by atoms with E-state index in [2.05, 4.69) is 25.1 Å². The first-order valence-corrected chi connectivity index (χ1v) is 7.58. The molecule has 5 heteroatoms. The zero-order valence-electron chi connectivity index (χ0n) is 16.0. The van der Waals surface area contributed by atoms with Crippen LogP contribution >= 0.6 is 0 Å². The molecule has 0 bridgehead atoms. The normalized spacial score (nSPS) is 9.23. The van der Waals surface area contributed by atoms with E-state index in [-0.39, 0.29) is 22.9 Å². The van der Waals surface area contributed by atoms with Crippen LogP contribution in [0.15, 0.2) is 36.4 Å². The van der Waals surface area contributed by atoms with Gasteiger partial charge >= 0.3 is 17.1 Å². The van der Waals surface area contributed by atoms with Crippen LogP contribution in [0.1, 0.15) is 48.7 Å². The zero-order valence-corrected chi connectivity index (χ0v) is 17.1. The van der Waals surface area contributed by atoms with Gasteiger partial charge in [0.05, 0.1) is 0 Å². The predicted octanol–water partition coefficient (Wildman–Crippen LogP) is 4.10. The van der Waals surface area contributed by atoms with Gasteiger partial charge in [-0.05, 0) is 13.3 Å². The first-order chi connectivity index (χ1) is 12.0. The third-order valence-electron chi connectivity index (χ3n) is 2.85. The van der Waals surface area contributed by atoms with Crippen molar-refractivity contribution in [3.05, 3.63) is 65.1 Å². The molecule has 0 spiro atoms. The van der Waals surface area contributed by atoms with Crippen molar-refractivity contribution in [3.8, 4) is 0 Å². The molecule has 0 N–H and O–H groups in total. The number of hydrogen-bond donors (Lipinski definition) is 0. The Labute approximate surface area is 168 Å².